The fourth-order valence-electron chi connectivity index (χ4n) is 1.64. The molecule has 0 amide bonds. The second-order valence-corrected chi connectivity index (χ2v) is 3.86. The van der Waals surface area contributed by atoms with Crippen LogP contribution in [0.3, 0.4) is 0 Å². The van der Waals surface area contributed by atoms with Crippen molar-refractivity contribution in [2.75, 3.05) is 20.3 Å². The molecule has 4 nitrogen and oxygen atoms in total. The van der Waals surface area contributed by atoms with Gasteiger partial charge in [-0.2, -0.15) is 0 Å². The minimum absolute atomic E-state index is 0.556. The maximum absolute atomic E-state index is 5.51. The lowest BCUT2D eigenvalue weighted by Gasteiger charge is -2.07. The van der Waals surface area contributed by atoms with Crippen molar-refractivity contribution in [2.45, 2.75) is 6.92 Å². The van der Waals surface area contributed by atoms with Crippen molar-refractivity contribution >= 4 is 0 Å². The monoisotopic (exact) mass is 244 g/mol. The molecule has 0 spiro atoms. The number of ether oxygens (including phenoxy) is 2. The normalized spacial score (nSPS) is 10.3. The number of aryl methyl sites for hydroxylation is 1. The minimum Gasteiger partial charge on any atom is -0.491 e. The Morgan fingerprint density at radius 2 is 1.72 bits per heavy atom. The quantitative estimate of drug-likeness (QED) is 0.758. The summed E-state index contributed by atoms with van der Waals surface area (Å²) in [7, 11) is 1.66. The molecule has 0 aliphatic rings. The van der Waals surface area contributed by atoms with Gasteiger partial charge in [-0.1, -0.05) is 0 Å². The second-order valence-electron chi connectivity index (χ2n) is 3.86. The van der Waals surface area contributed by atoms with Crippen LogP contribution in [0.25, 0.3) is 11.3 Å². The molecule has 0 saturated heterocycles. The van der Waals surface area contributed by atoms with Crippen LogP contribution in [0.15, 0.2) is 36.7 Å². The van der Waals surface area contributed by atoms with Crippen LogP contribution in [-0.4, -0.2) is 30.3 Å². The summed E-state index contributed by atoms with van der Waals surface area (Å²) in [6.45, 7) is 3.09. The van der Waals surface area contributed by atoms with E-state index in [1.807, 2.05) is 31.2 Å². The van der Waals surface area contributed by atoms with Crippen LogP contribution in [0.4, 0.5) is 0 Å². The third kappa shape index (κ3) is 3.05. The Labute approximate surface area is 107 Å². The SMILES string of the molecule is COCCOc1ccc(-c2nccnc2C)cc1. The number of hydrogen-bond donors (Lipinski definition) is 0. The highest BCUT2D eigenvalue weighted by Gasteiger charge is 2.03. The van der Waals surface area contributed by atoms with Gasteiger partial charge < -0.3 is 9.47 Å². The Hall–Kier alpha value is -1.94. The number of benzene rings is 1. The first-order valence-electron chi connectivity index (χ1n) is 5.81. The van der Waals surface area contributed by atoms with Gasteiger partial charge in [0.1, 0.15) is 12.4 Å². The molecule has 0 saturated carbocycles. The third-order valence-electron chi connectivity index (χ3n) is 2.57. The highest BCUT2D eigenvalue weighted by Crippen LogP contribution is 2.22. The van der Waals surface area contributed by atoms with E-state index in [0.717, 1.165) is 22.7 Å². The molecule has 1 aromatic carbocycles. The van der Waals surface area contributed by atoms with Crippen molar-refractivity contribution < 1.29 is 9.47 Å². The van der Waals surface area contributed by atoms with E-state index in [9.17, 15) is 0 Å². The van der Waals surface area contributed by atoms with Crippen LogP contribution in [0.1, 0.15) is 5.69 Å². The zero-order valence-corrected chi connectivity index (χ0v) is 10.6. The van der Waals surface area contributed by atoms with Crippen molar-refractivity contribution in [1.82, 2.24) is 9.97 Å². The zero-order chi connectivity index (χ0) is 12.8. The molecule has 94 valence electrons. The Kier molecular flexibility index (Phi) is 4.25. The number of rotatable bonds is 5. The first-order chi connectivity index (χ1) is 8.81. The second kappa shape index (κ2) is 6.12. The summed E-state index contributed by atoms with van der Waals surface area (Å²) in [5.41, 5.74) is 2.87. The smallest absolute Gasteiger partial charge is 0.119 e. The van der Waals surface area contributed by atoms with Gasteiger partial charge in [-0.25, -0.2) is 0 Å². The van der Waals surface area contributed by atoms with Crippen molar-refractivity contribution in [3.8, 4) is 17.0 Å². The molecule has 0 bridgehead atoms. The fraction of sp³-hybridized carbons (Fsp3) is 0.286. The lowest BCUT2D eigenvalue weighted by Crippen LogP contribution is -2.04. The number of hydrogen-bond acceptors (Lipinski definition) is 4. The molecule has 0 radical (unpaired) electrons. The average molecular weight is 244 g/mol. The lowest BCUT2D eigenvalue weighted by molar-refractivity contribution is 0.146. The van der Waals surface area contributed by atoms with Crippen LogP contribution in [0.5, 0.6) is 5.75 Å². The largest absolute Gasteiger partial charge is 0.491 e. The molecule has 0 atom stereocenters. The summed E-state index contributed by atoms with van der Waals surface area (Å²) in [6.07, 6.45) is 3.40. The summed E-state index contributed by atoms with van der Waals surface area (Å²) in [6, 6.07) is 7.83. The van der Waals surface area contributed by atoms with Gasteiger partial charge in [-0.15, -0.1) is 0 Å². The molecule has 0 unspecified atom stereocenters. The van der Waals surface area contributed by atoms with E-state index in [1.54, 1.807) is 19.5 Å². The summed E-state index contributed by atoms with van der Waals surface area (Å²) in [5, 5.41) is 0. The molecule has 1 aromatic heterocycles. The van der Waals surface area contributed by atoms with E-state index in [2.05, 4.69) is 9.97 Å². The predicted octanol–water partition coefficient (Wildman–Crippen LogP) is 2.48. The molecule has 1 heterocycles. The molecule has 0 N–H and O–H groups in total. The van der Waals surface area contributed by atoms with Crippen LogP contribution < -0.4 is 4.74 Å². The lowest BCUT2D eigenvalue weighted by atomic mass is 10.1. The number of aromatic nitrogens is 2. The molecule has 4 heteroatoms. The first-order valence-corrected chi connectivity index (χ1v) is 5.81. The van der Waals surface area contributed by atoms with E-state index >= 15 is 0 Å². The highest BCUT2D eigenvalue weighted by molar-refractivity contribution is 5.61. The Bertz CT molecular complexity index is 497. The third-order valence-corrected chi connectivity index (χ3v) is 2.57. The summed E-state index contributed by atoms with van der Waals surface area (Å²) in [4.78, 5) is 8.56. The van der Waals surface area contributed by atoms with Crippen molar-refractivity contribution in [3.63, 3.8) is 0 Å². The van der Waals surface area contributed by atoms with Gasteiger partial charge >= 0.3 is 0 Å². The standard InChI is InChI=1S/C14H16N2O2/c1-11-14(16-8-7-15-11)12-3-5-13(6-4-12)18-10-9-17-2/h3-8H,9-10H2,1-2H3. The van der Waals surface area contributed by atoms with E-state index in [4.69, 9.17) is 9.47 Å². The minimum atomic E-state index is 0.556. The van der Waals surface area contributed by atoms with Crippen LogP contribution >= 0.6 is 0 Å². The van der Waals surface area contributed by atoms with Gasteiger partial charge in [-0.05, 0) is 31.2 Å². The van der Waals surface area contributed by atoms with Gasteiger partial charge in [0.15, 0.2) is 0 Å². The van der Waals surface area contributed by atoms with E-state index in [-0.39, 0.29) is 0 Å². The van der Waals surface area contributed by atoms with Crippen LogP contribution in [-0.2, 0) is 4.74 Å². The summed E-state index contributed by atoms with van der Waals surface area (Å²) in [5.74, 6) is 0.831. The van der Waals surface area contributed by atoms with Crippen LogP contribution in [0.2, 0.25) is 0 Å². The first kappa shape index (κ1) is 12.5. The van der Waals surface area contributed by atoms with Crippen molar-refractivity contribution in [2.24, 2.45) is 0 Å². The predicted molar refractivity (Wildman–Crippen MR) is 69.6 cm³/mol. The Morgan fingerprint density at radius 1 is 1.00 bits per heavy atom. The molecule has 0 fully saturated rings. The molecule has 0 aliphatic carbocycles. The average Bonchev–Trinajstić information content (AvgIpc) is 2.41. The Morgan fingerprint density at radius 3 is 2.39 bits per heavy atom. The van der Waals surface area contributed by atoms with Crippen molar-refractivity contribution in [3.05, 3.63) is 42.4 Å². The molecule has 2 rings (SSSR count). The highest BCUT2D eigenvalue weighted by atomic mass is 16.5. The number of methoxy groups -OCH3 is 1. The Balaban J connectivity index is 2.10. The summed E-state index contributed by atoms with van der Waals surface area (Å²) < 4.78 is 10.4. The van der Waals surface area contributed by atoms with Gasteiger partial charge in [0.2, 0.25) is 0 Å². The van der Waals surface area contributed by atoms with E-state index in [1.165, 1.54) is 0 Å². The van der Waals surface area contributed by atoms with Crippen molar-refractivity contribution in [1.29, 1.82) is 0 Å². The molecule has 2 aromatic rings. The maximum atomic E-state index is 5.51. The zero-order valence-electron chi connectivity index (χ0n) is 10.6. The fourth-order valence-corrected chi connectivity index (χ4v) is 1.64. The van der Waals surface area contributed by atoms with Gasteiger partial charge in [0.05, 0.1) is 18.0 Å². The van der Waals surface area contributed by atoms with Gasteiger partial charge in [0, 0.05) is 25.1 Å². The van der Waals surface area contributed by atoms with E-state index in [0.29, 0.717) is 13.2 Å². The topological polar surface area (TPSA) is 44.2 Å². The molecule has 0 aliphatic heterocycles. The maximum Gasteiger partial charge on any atom is 0.119 e. The van der Waals surface area contributed by atoms with Gasteiger partial charge in [0.25, 0.3) is 0 Å². The molecular formula is C14H16N2O2. The molecule has 18 heavy (non-hydrogen) atoms. The molecular weight excluding hydrogens is 228 g/mol. The van der Waals surface area contributed by atoms with Gasteiger partial charge in [-0.3, -0.25) is 9.97 Å². The number of nitrogens with zero attached hydrogens (tertiary/aromatic N) is 2. The summed E-state index contributed by atoms with van der Waals surface area (Å²) >= 11 is 0. The van der Waals surface area contributed by atoms with Crippen LogP contribution in [0, 0.1) is 6.92 Å². The van der Waals surface area contributed by atoms with E-state index < -0.39 is 0 Å².